The molecule has 0 aliphatic rings. The van der Waals surface area contributed by atoms with Crippen molar-refractivity contribution < 1.29 is 13.9 Å². The van der Waals surface area contributed by atoms with Gasteiger partial charge in [-0.05, 0) is 31.3 Å². The predicted molar refractivity (Wildman–Crippen MR) is 85.5 cm³/mol. The Morgan fingerprint density at radius 2 is 1.91 bits per heavy atom. The molecule has 116 valence electrons. The molecule has 4 nitrogen and oxygen atoms in total. The lowest BCUT2D eigenvalue weighted by molar-refractivity contribution is -0.115. The zero-order chi connectivity index (χ0) is 16.1. The normalized spacial score (nSPS) is 10.4. The number of likely N-dealkylation sites (N-methyl/N-ethyl adjacent to an activating group) is 1. The number of anilines is 1. The number of carbonyl (C=O) groups is 1. The molecule has 0 atom stereocenters. The summed E-state index contributed by atoms with van der Waals surface area (Å²) in [6.45, 7) is 0.134. The molecule has 0 aliphatic heterocycles. The Morgan fingerprint density at radius 3 is 2.50 bits per heavy atom. The molecule has 0 saturated carbocycles. The van der Waals surface area contributed by atoms with Gasteiger partial charge in [-0.15, -0.1) is 0 Å². The van der Waals surface area contributed by atoms with Gasteiger partial charge in [-0.1, -0.05) is 29.3 Å². The number of hydrogen-bond acceptors (Lipinski definition) is 3. The third-order valence-corrected chi connectivity index (χ3v) is 3.28. The van der Waals surface area contributed by atoms with E-state index in [1.807, 2.05) is 0 Å². The predicted octanol–water partition coefficient (Wildman–Crippen LogP) is 4.08. The third kappa shape index (κ3) is 4.10. The highest BCUT2D eigenvalue weighted by atomic mass is 35.5. The molecular formula is C15H13Cl2FN2O2. The third-order valence-electron chi connectivity index (χ3n) is 2.68. The molecule has 2 rings (SSSR count). The second-order valence-electron chi connectivity index (χ2n) is 4.38. The first-order valence-electron chi connectivity index (χ1n) is 6.37. The topological polar surface area (TPSA) is 50.4 Å². The van der Waals surface area contributed by atoms with Gasteiger partial charge in [0.25, 0.3) is 0 Å². The van der Waals surface area contributed by atoms with E-state index in [2.05, 4.69) is 10.6 Å². The molecule has 0 aromatic heterocycles. The first kappa shape index (κ1) is 16.5. The Kier molecular flexibility index (Phi) is 5.60. The number of amides is 1. The summed E-state index contributed by atoms with van der Waals surface area (Å²) < 4.78 is 19.5. The van der Waals surface area contributed by atoms with Gasteiger partial charge in [0.2, 0.25) is 5.91 Å². The van der Waals surface area contributed by atoms with Crippen LogP contribution >= 0.6 is 23.2 Å². The van der Waals surface area contributed by atoms with Crippen molar-refractivity contribution in [1.82, 2.24) is 5.32 Å². The minimum Gasteiger partial charge on any atom is -0.451 e. The zero-order valence-electron chi connectivity index (χ0n) is 11.6. The fraction of sp³-hybridized carbons (Fsp3) is 0.133. The van der Waals surface area contributed by atoms with Crippen molar-refractivity contribution in [3.63, 3.8) is 0 Å². The number of nitrogens with one attached hydrogen (secondary N) is 2. The molecule has 0 fully saturated rings. The summed E-state index contributed by atoms with van der Waals surface area (Å²) in [5, 5.41) is 5.80. The summed E-state index contributed by atoms with van der Waals surface area (Å²) in [6, 6.07) is 8.92. The van der Waals surface area contributed by atoms with Crippen LogP contribution in [0, 0.1) is 5.82 Å². The van der Waals surface area contributed by atoms with Gasteiger partial charge < -0.3 is 15.4 Å². The Balaban J connectivity index is 2.18. The summed E-state index contributed by atoms with van der Waals surface area (Å²) >= 11 is 11.9. The number of rotatable bonds is 5. The summed E-state index contributed by atoms with van der Waals surface area (Å²) in [5.74, 6) is -0.777. The van der Waals surface area contributed by atoms with Gasteiger partial charge in [0.05, 0.1) is 16.6 Å². The molecular weight excluding hydrogens is 330 g/mol. The van der Waals surface area contributed by atoms with E-state index in [1.165, 1.54) is 12.1 Å². The van der Waals surface area contributed by atoms with Crippen molar-refractivity contribution in [2.45, 2.75) is 0 Å². The molecule has 7 heteroatoms. The summed E-state index contributed by atoms with van der Waals surface area (Å²) in [6.07, 6.45) is 0. The Hall–Kier alpha value is -1.82. The maximum absolute atomic E-state index is 14.1. The minimum absolute atomic E-state index is 0.0402. The van der Waals surface area contributed by atoms with Crippen LogP contribution in [0.2, 0.25) is 10.0 Å². The van der Waals surface area contributed by atoms with Gasteiger partial charge in [-0.3, -0.25) is 4.79 Å². The maximum Gasteiger partial charge on any atom is 0.238 e. The number of para-hydroxylation sites is 1. The second kappa shape index (κ2) is 7.45. The molecule has 0 saturated heterocycles. The van der Waals surface area contributed by atoms with Crippen LogP contribution in [0.25, 0.3) is 0 Å². The number of ether oxygens (including phenoxy) is 1. The average molecular weight is 343 g/mol. The molecule has 1 amide bonds. The van der Waals surface area contributed by atoms with Crippen LogP contribution in [-0.2, 0) is 4.79 Å². The van der Waals surface area contributed by atoms with E-state index < -0.39 is 5.82 Å². The molecule has 0 aliphatic carbocycles. The van der Waals surface area contributed by atoms with Crippen LogP contribution < -0.4 is 15.4 Å². The van der Waals surface area contributed by atoms with Crippen LogP contribution in [0.15, 0.2) is 36.4 Å². The van der Waals surface area contributed by atoms with Gasteiger partial charge in [0.1, 0.15) is 0 Å². The van der Waals surface area contributed by atoms with Crippen molar-refractivity contribution in [3.05, 3.63) is 52.3 Å². The number of hydrogen-bond donors (Lipinski definition) is 2. The van der Waals surface area contributed by atoms with E-state index in [-0.39, 0.29) is 34.0 Å². The molecule has 2 N–H and O–H groups in total. The molecule has 2 aromatic rings. The van der Waals surface area contributed by atoms with Crippen molar-refractivity contribution in [2.75, 3.05) is 18.9 Å². The van der Waals surface area contributed by atoms with Crippen LogP contribution in [-0.4, -0.2) is 19.5 Å². The number of halogens is 3. The fourth-order valence-corrected chi connectivity index (χ4v) is 2.19. The number of carbonyl (C=O) groups excluding carboxylic acids is 1. The summed E-state index contributed by atoms with van der Waals surface area (Å²) in [4.78, 5) is 11.4. The first-order valence-corrected chi connectivity index (χ1v) is 7.12. The van der Waals surface area contributed by atoms with Crippen molar-refractivity contribution in [2.24, 2.45) is 0 Å². The van der Waals surface area contributed by atoms with E-state index in [1.54, 1.807) is 25.2 Å². The van der Waals surface area contributed by atoms with E-state index in [4.69, 9.17) is 27.9 Å². The lowest BCUT2D eigenvalue weighted by atomic mass is 10.2. The maximum atomic E-state index is 14.1. The van der Waals surface area contributed by atoms with Gasteiger partial charge in [-0.25, -0.2) is 4.39 Å². The van der Waals surface area contributed by atoms with Gasteiger partial charge in [0, 0.05) is 11.8 Å². The standard InChI is InChI=1S/C15H13Cl2FN2O2/c1-19-8-14(21)20-9-5-6-13(12(18)7-9)22-15-10(16)3-2-4-11(15)17/h2-7,19H,8H2,1H3,(H,20,21). The van der Waals surface area contributed by atoms with Crippen LogP contribution in [0.5, 0.6) is 11.5 Å². The van der Waals surface area contributed by atoms with Crippen molar-refractivity contribution in [3.8, 4) is 11.5 Å². The van der Waals surface area contributed by atoms with Crippen molar-refractivity contribution >= 4 is 34.8 Å². The van der Waals surface area contributed by atoms with Gasteiger partial charge in [-0.2, -0.15) is 0 Å². The summed E-state index contributed by atoms with van der Waals surface area (Å²) in [5.41, 5.74) is 0.329. The molecule has 0 bridgehead atoms. The SMILES string of the molecule is CNCC(=O)Nc1ccc(Oc2c(Cl)cccc2Cl)c(F)c1. The Morgan fingerprint density at radius 1 is 1.23 bits per heavy atom. The van der Waals surface area contributed by atoms with Crippen molar-refractivity contribution in [1.29, 1.82) is 0 Å². The van der Waals surface area contributed by atoms with E-state index in [0.29, 0.717) is 5.69 Å². The van der Waals surface area contributed by atoms with Crippen LogP contribution in [0.3, 0.4) is 0 Å². The molecule has 22 heavy (non-hydrogen) atoms. The lowest BCUT2D eigenvalue weighted by Gasteiger charge is -2.11. The summed E-state index contributed by atoms with van der Waals surface area (Å²) in [7, 11) is 1.64. The Labute approximate surface area is 137 Å². The van der Waals surface area contributed by atoms with Gasteiger partial charge >= 0.3 is 0 Å². The zero-order valence-corrected chi connectivity index (χ0v) is 13.1. The van der Waals surface area contributed by atoms with E-state index in [9.17, 15) is 9.18 Å². The van der Waals surface area contributed by atoms with Crippen LogP contribution in [0.4, 0.5) is 10.1 Å². The molecule has 0 radical (unpaired) electrons. The monoisotopic (exact) mass is 342 g/mol. The van der Waals surface area contributed by atoms with Gasteiger partial charge in [0.15, 0.2) is 17.3 Å². The highest BCUT2D eigenvalue weighted by Gasteiger charge is 2.12. The Bertz CT molecular complexity index is 675. The average Bonchev–Trinajstić information content (AvgIpc) is 2.45. The molecule has 0 spiro atoms. The largest absolute Gasteiger partial charge is 0.451 e. The molecule has 2 aromatic carbocycles. The highest BCUT2D eigenvalue weighted by Crippen LogP contribution is 2.37. The minimum atomic E-state index is -0.641. The van der Waals surface area contributed by atoms with E-state index in [0.717, 1.165) is 6.07 Å². The van der Waals surface area contributed by atoms with Crippen LogP contribution in [0.1, 0.15) is 0 Å². The first-order chi connectivity index (χ1) is 10.5. The quantitative estimate of drug-likeness (QED) is 0.860. The smallest absolute Gasteiger partial charge is 0.238 e. The lowest BCUT2D eigenvalue weighted by Crippen LogP contribution is -2.25. The van der Waals surface area contributed by atoms with E-state index >= 15 is 0 Å². The second-order valence-corrected chi connectivity index (χ2v) is 5.19. The highest BCUT2D eigenvalue weighted by molar-refractivity contribution is 6.37. The fourth-order valence-electron chi connectivity index (χ4n) is 1.72. The molecule has 0 unspecified atom stereocenters. The number of benzene rings is 2. The molecule has 0 heterocycles.